The van der Waals surface area contributed by atoms with Crippen molar-refractivity contribution in [1.82, 2.24) is 10.2 Å². The molecule has 0 aromatic carbocycles. The number of nitriles is 1. The molecule has 0 aliphatic heterocycles. The van der Waals surface area contributed by atoms with Gasteiger partial charge in [-0.3, -0.25) is 9.89 Å². The van der Waals surface area contributed by atoms with Crippen LogP contribution in [0.3, 0.4) is 0 Å². The molecule has 1 aliphatic rings. The SMILES string of the molecule is CC(C#N)C1CCc2[nH]ncc2C1=O. The average molecular weight is 189 g/mol. The molecule has 0 fully saturated rings. The number of hydrogen-bond acceptors (Lipinski definition) is 3. The Hall–Kier alpha value is -1.63. The van der Waals surface area contributed by atoms with Crippen LogP contribution in [0.25, 0.3) is 0 Å². The summed E-state index contributed by atoms with van der Waals surface area (Å²) >= 11 is 0. The van der Waals surface area contributed by atoms with E-state index in [4.69, 9.17) is 5.26 Å². The van der Waals surface area contributed by atoms with E-state index in [1.165, 1.54) is 0 Å². The number of ketones is 1. The fourth-order valence-electron chi connectivity index (χ4n) is 1.91. The summed E-state index contributed by atoms with van der Waals surface area (Å²) in [6.07, 6.45) is 3.13. The van der Waals surface area contributed by atoms with Crippen LogP contribution >= 0.6 is 0 Å². The number of aromatic nitrogens is 2. The van der Waals surface area contributed by atoms with E-state index in [0.717, 1.165) is 18.5 Å². The molecule has 2 atom stereocenters. The maximum Gasteiger partial charge on any atom is 0.170 e. The fourth-order valence-corrected chi connectivity index (χ4v) is 1.91. The Morgan fingerprint density at radius 2 is 2.57 bits per heavy atom. The number of Topliss-reactive ketones (excluding diaryl/α,β-unsaturated/α-hetero) is 1. The lowest BCUT2D eigenvalue weighted by molar-refractivity contribution is 0.0876. The first-order valence-electron chi connectivity index (χ1n) is 4.70. The van der Waals surface area contributed by atoms with Gasteiger partial charge < -0.3 is 0 Å². The van der Waals surface area contributed by atoms with Crippen LogP contribution < -0.4 is 0 Å². The molecule has 4 heteroatoms. The Morgan fingerprint density at radius 1 is 1.79 bits per heavy atom. The van der Waals surface area contributed by atoms with Gasteiger partial charge in [-0.25, -0.2) is 0 Å². The van der Waals surface area contributed by atoms with Crippen molar-refractivity contribution >= 4 is 5.78 Å². The van der Waals surface area contributed by atoms with Gasteiger partial charge in [0.15, 0.2) is 5.78 Å². The Kier molecular flexibility index (Phi) is 2.08. The van der Waals surface area contributed by atoms with E-state index in [1.54, 1.807) is 13.1 Å². The van der Waals surface area contributed by atoms with E-state index in [2.05, 4.69) is 16.3 Å². The zero-order chi connectivity index (χ0) is 10.1. The molecular weight excluding hydrogens is 178 g/mol. The highest BCUT2D eigenvalue weighted by atomic mass is 16.1. The van der Waals surface area contributed by atoms with Gasteiger partial charge in [0.25, 0.3) is 0 Å². The van der Waals surface area contributed by atoms with Gasteiger partial charge >= 0.3 is 0 Å². The fraction of sp³-hybridized carbons (Fsp3) is 0.500. The van der Waals surface area contributed by atoms with Crippen molar-refractivity contribution in [2.75, 3.05) is 0 Å². The Labute approximate surface area is 81.9 Å². The third-order valence-electron chi connectivity index (χ3n) is 2.83. The second kappa shape index (κ2) is 3.26. The molecule has 0 spiro atoms. The summed E-state index contributed by atoms with van der Waals surface area (Å²) in [5.74, 6) is -0.287. The monoisotopic (exact) mass is 189 g/mol. The highest BCUT2D eigenvalue weighted by molar-refractivity contribution is 5.99. The Bertz CT molecular complexity index is 402. The molecule has 1 aromatic heterocycles. The minimum atomic E-state index is -0.203. The second-order valence-corrected chi connectivity index (χ2v) is 3.69. The van der Waals surface area contributed by atoms with E-state index < -0.39 is 0 Å². The van der Waals surface area contributed by atoms with E-state index in [-0.39, 0.29) is 17.6 Å². The van der Waals surface area contributed by atoms with Crippen molar-refractivity contribution in [1.29, 1.82) is 5.26 Å². The Morgan fingerprint density at radius 3 is 3.29 bits per heavy atom. The summed E-state index contributed by atoms with van der Waals surface area (Å²) in [6, 6.07) is 2.14. The molecule has 0 radical (unpaired) electrons. The van der Waals surface area contributed by atoms with Gasteiger partial charge in [0.1, 0.15) is 0 Å². The molecule has 1 heterocycles. The normalized spacial score (nSPS) is 22.6. The first-order chi connectivity index (χ1) is 6.74. The van der Waals surface area contributed by atoms with Crippen LogP contribution in [0.15, 0.2) is 6.20 Å². The van der Waals surface area contributed by atoms with E-state index in [0.29, 0.717) is 5.56 Å². The highest BCUT2D eigenvalue weighted by Gasteiger charge is 2.32. The van der Waals surface area contributed by atoms with Crippen molar-refractivity contribution in [2.24, 2.45) is 11.8 Å². The van der Waals surface area contributed by atoms with Gasteiger partial charge in [-0.15, -0.1) is 0 Å². The number of H-pyrrole nitrogens is 1. The lowest BCUT2D eigenvalue weighted by Crippen LogP contribution is -2.26. The van der Waals surface area contributed by atoms with E-state index >= 15 is 0 Å². The number of carbonyl (C=O) groups excluding carboxylic acids is 1. The Balaban J connectivity index is 2.31. The quantitative estimate of drug-likeness (QED) is 0.724. The van der Waals surface area contributed by atoms with Gasteiger partial charge in [0.2, 0.25) is 0 Å². The molecular formula is C10H11N3O. The van der Waals surface area contributed by atoms with Crippen LogP contribution in [0.2, 0.25) is 0 Å². The third kappa shape index (κ3) is 1.22. The zero-order valence-corrected chi connectivity index (χ0v) is 7.95. The molecule has 14 heavy (non-hydrogen) atoms. The number of nitrogens with zero attached hydrogens (tertiary/aromatic N) is 2. The summed E-state index contributed by atoms with van der Waals surface area (Å²) in [7, 11) is 0. The predicted octanol–water partition coefficient (Wildman–Crippen LogP) is 1.31. The van der Waals surface area contributed by atoms with Crippen molar-refractivity contribution in [3.63, 3.8) is 0 Å². The third-order valence-corrected chi connectivity index (χ3v) is 2.83. The van der Waals surface area contributed by atoms with E-state index in [9.17, 15) is 4.79 Å². The van der Waals surface area contributed by atoms with E-state index in [1.807, 2.05) is 0 Å². The summed E-state index contributed by atoms with van der Waals surface area (Å²) in [4.78, 5) is 11.9. The van der Waals surface area contributed by atoms with Crippen LogP contribution in [0, 0.1) is 23.2 Å². The molecule has 1 aromatic rings. The van der Waals surface area contributed by atoms with Gasteiger partial charge in [-0.1, -0.05) is 0 Å². The molecule has 1 N–H and O–H groups in total. The van der Waals surface area contributed by atoms with Crippen molar-refractivity contribution in [3.05, 3.63) is 17.5 Å². The van der Waals surface area contributed by atoms with Crippen LogP contribution in [-0.2, 0) is 6.42 Å². The molecule has 0 amide bonds. The number of fused-ring (bicyclic) bond motifs is 1. The maximum atomic E-state index is 11.9. The number of aromatic amines is 1. The zero-order valence-electron chi connectivity index (χ0n) is 7.95. The summed E-state index contributed by atoms with van der Waals surface area (Å²) in [5, 5.41) is 15.4. The molecule has 1 aliphatic carbocycles. The highest BCUT2D eigenvalue weighted by Crippen LogP contribution is 2.28. The summed E-state index contributed by atoms with van der Waals surface area (Å²) < 4.78 is 0. The van der Waals surface area contributed by atoms with Crippen LogP contribution in [-0.4, -0.2) is 16.0 Å². The maximum absolute atomic E-state index is 11.9. The number of carbonyl (C=O) groups is 1. The average Bonchev–Trinajstić information content (AvgIpc) is 2.66. The van der Waals surface area contributed by atoms with Crippen molar-refractivity contribution in [3.8, 4) is 6.07 Å². The van der Waals surface area contributed by atoms with Gasteiger partial charge in [-0.2, -0.15) is 10.4 Å². The second-order valence-electron chi connectivity index (χ2n) is 3.69. The number of aryl methyl sites for hydroxylation is 1. The van der Waals surface area contributed by atoms with Crippen LogP contribution in [0.5, 0.6) is 0 Å². The summed E-state index contributed by atoms with van der Waals surface area (Å²) in [6.45, 7) is 1.80. The molecule has 2 unspecified atom stereocenters. The first kappa shape index (κ1) is 8.95. The largest absolute Gasteiger partial charge is 0.294 e. The molecule has 4 nitrogen and oxygen atoms in total. The molecule has 0 saturated carbocycles. The first-order valence-corrected chi connectivity index (χ1v) is 4.70. The van der Waals surface area contributed by atoms with Crippen LogP contribution in [0.1, 0.15) is 29.4 Å². The molecule has 0 bridgehead atoms. The number of nitrogens with one attached hydrogen (secondary N) is 1. The standard InChI is InChI=1S/C10H11N3O/c1-6(4-11)7-2-3-9-8(10(7)14)5-12-13-9/h5-7H,2-3H2,1H3,(H,12,13). The number of rotatable bonds is 1. The minimum Gasteiger partial charge on any atom is -0.294 e. The van der Waals surface area contributed by atoms with Gasteiger partial charge in [-0.05, 0) is 19.8 Å². The van der Waals surface area contributed by atoms with Gasteiger partial charge in [0.05, 0.1) is 23.7 Å². The predicted molar refractivity (Wildman–Crippen MR) is 49.5 cm³/mol. The van der Waals surface area contributed by atoms with Crippen molar-refractivity contribution in [2.45, 2.75) is 19.8 Å². The van der Waals surface area contributed by atoms with Crippen LogP contribution in [0.4, 0.5) is 0 Å². The number of hydrogen-bond donors (Lipinski definition) is 1. The minimum absolute atomic E-state index is 0.0639. The topological polar surface area (TPSA) is 69.5 Å². The molecule has 2 rings (SSSR count). The lowest BCUT2D eigenvalue weighted by atomic mass is 9.79. The van der Waals surface area contributed by atoms with Crippen molar-refractivity contribution < 1.29 is 4.79 Å². The molecule has 72 valence electrons. The summed E-state index contributed by atoms with van der Waals surface area (Å²) in [5.41, 5.74) is 1.58. The smallest absolute Gasteiger partial charge is 0.170 e. The lowest BCUT2D eigenvalue weighted by Gasteiger charge is -2.21. The van der Waals surface area contributed by atoms with Gasteiger partial charge in [0, 0.05) is 11.6 Å². The molecule has 0 saturated heterocycles.